The smallest absolute Gasteiger partial charge is 0.224 e. The van der Waals surface area contributed by atoms with Crippen molar-refractivity contribution in [3.05, 3.63) is 18.2 Å². The van der Waals surface area contributed by atoms with Gasteiger partial charge in [0.15, 0.2) is 11.5 Å². The van der Waals surface area contributed by atoms with Crippen molar-refractivity contribution in [2.75, 3.05) is 19.0 Å². The highest BCUT2D eigenvalue weighted by Gasteiger charge is 2.06. The molecule has 0 radical (unpaired) electrons. The SMILES string of the molecule is C#CCOc1ccc(NC(=O)CC)cc1OC. The van der Waals surface area contributed by atoms with Crippen molar-refractivity contribution in [1.82, 2.24) is 0 Å². The van der Waals surface area contributed by atoms with Gasteiger partial charge in [-0.1, -0.05) is 12.8 Å². The summed E-state index contributed by atoms with van der Waals surface area (Å²) in [5.41, 5.74) is 0.668. The summed E-state index contributed by atoms with van der Waals surface area (Å²) in [4.78, 5) is 11.2. The molecule has 0 aliphatic rings. The van der Waals surface area contributed by atoms with Gasteiger partial charge in [0.05, 0.1) is 7.11 Å². The Bertz CT molecular complexity index is 435. The van der Waals surface area contributed by atoms with E-state index in [1.807, 2.05) is 0 Å². The van der Waals surface area contributed by atoms with Gasteiger partial charge in [-0.25, -0.2) is 0 Å². The normalized spacial score (nSPS) is 9.24. The van der Waals surface area contributed by atoms with E-state index >= 15 is 0 Å². The van der Waals surface area contributed by atoms with E-state index in [4.69, 9.17) is 15.9 Å². The number of hydrogen-bond acceptors (Lipinski definition) is 3. The molecule has 0 heterocycles. The van der Waals surface area contributed by atoms with Crippen LogP contribution in [0.5, 0.6) is 11.5 Å². The lowest BCUT2D eigenvalue weighted by Gasteiger charge is -2.11. The summed E-state index contributed by atoms with van der Waals surface area (Å²) >= 11 is 0. The summed E-state index contributed by atoms with van der Waals surface area (Å²) in [7, 11) is 1.53. The Labute approximate surface area is 101 Å². The molecule has 0 unspecified atom stereocenters. The Kier molecular flexibility index (Phi) is 4.89. The van der Waals surface area contributed by atoms with E-state index in [1.54, 1.807) is 25.1 Å². The molecule has 0 aromatic heterocycles. The average Bonchev–Trinajstić information content (AvgIpc) is 2.36. The fraction of sp³-hybridized carbons (Fsp3) is 0.308. The predicted molar refractivity (Wildman–Crippen MR) is 66.2 cm³/mol. The Hall–Kier alpha value is -2.15. The minimum Gasteiger partial charge on any atom is -0.493 e. The second-order valence-electron chi connectivity index (χ2n) is 3.26. The van der Waals surface area contributed by atoms with E-state index in [0.29, 0.717) is 23.6 Å². The zero-order valence-corrected chi connectivity index (χ0v) is 9.95. The van der Waals surface area contributed by atoms with Crippen LogP contribution in [0.15, 0.2) is 18.2 Å². The third-order valence-electron chi connectivity index (χ3n) is 2.08. The molecular weight excluding hydrogens is 218 g/mol. The van der Waals surface area contributed by atoms with Gasteiger partial charge in [-0.15, -0.1) is 6.42 Å². The molecule has 4 heteroatoms. The molecule has 0 fully saturated rings. The second-order valence-corrected chi connectivity index (χ2v) is 3.26. The van der Waals surface area contributed by atoms with Crippen LogP contribution in [0.25, 0.3) is 0 Å². The van der Waals surface area contributed by atoms with E-state index in [2.05, 4.69) is 11.2 Å². The third kappa shape index (κ3) is 3.72. The highest BCUT2D eigenvalue weighted by atomic mass is 16.5. The molecule has 4 nitrogen and oxygen atoms in total. The molecule has 1 aromatic rings. The van der Waals surface area contributed by atoms with Crippen LogP contribution in [-0.2, 0) is 4.79 Å². The van der Waals surface area contributed by atoms with E-state index in [9.17, 15) is 4.79 Å². The van der Waals surface area contributed by atoms with Gasteiger partial charge >= 0.3 is 0 Å². The second kappa shape index (κ2) is 6.44. The number of carbonyl (C=O) groups is 1. The molecular formula is C13H15NO3. The van der Waals surface area contributed by atoms with E-state index in [1.165, 1.54) is 7.11 Å². The molecule has 0 saturated heterocycles. The van der Waals surface area contributed by atoms with Crippen molar-refractivity contribution in [3.8, 4) is 23.8 Å². The lowest BCUT2D eigenvalue weighted by atomic mass is 10.2. The van der Waals surface area contributed by atoms with Crippen molar-refractivity contribution in [1.29, 1.82) is 0 Å². The van der Waals surface area contributed by atoms with Gasteiger partial charge in [-0.05, 0) is 12.1 Å². The Balaban J connectivity index is 2.85. The van der Waals surface area contributed by atoms with Crippen LogP contribution >= 0.6 is 0 Å². The maximum atomic E-state index is 11.2. The Morgan fingerprint density at radius 1 is 1.47 bits per heavy atom. The first-order valence-electron chi connectivity index (χ1n) is 5.25. The zero-order chi connectivity index (χ0) is 12.7. The quantitative estimate of drug-likeness (QED) is 0.792. The summed E-state index contributed by atoms with van der Waals surface area (Å²) in [5.74, 6) is 3.42. The standard InChI is InChI=1S/C13H15NO3/c1-4-8-17-11-7-6-10(9-12(11)16-3)14-13(15)5-2/h1,6-7,9H,5,8H2,2-3H3,(H,14,15). The number of methoxy groups -OCH3 is 1. The number of amides is 1. The van der Waals surface area contributed by atoms with Gasteiger partial charge < -0.3 is 14.8 Å². The summed E-state index contributed by atoms with van der Waals surface area (Å²) < 4.78 is 10.4. The summed E-state index contributed by atoms with van der Waals surface area (Å²) in [6.07, 6.45) is 5.54. The highest BCUT2D eigenvalue weighted by molar-refractivity contribution is 5.90. The number of nitrogens with one attached hydrogen (secondary N) is 1. The summed E-state index contributed by atoms with van der Waals surface area (Å²) in [5, 5.41) is 2.73. The van der Waals surface area contributed by atoms with Crippen molar-refractivity contribution in [2.24, 2.45) is 0 Å². The Morgan fingerprint density at radius 2 is 2.24 bits per heavy atom. The monoisotopic (exact) mass is 233 g/mol. The fourth-order valence-corrected chi connectivity index (χ4v) is 1.23. The summed E-state index contributed by atoms with van der Waals surface area (Å²) in [6.45, 7) is 1.97. The molecule has 0 aliphatic carbocycles. The molecule has 1 N–H and O–H groups in total. The van der Waals surface area contributed by atoms with E-state index in [-0.39, 0.29) is 12.5 Å². The maximum absolute atomic E-state index is 11.2. The van der Waals surface area contributed by atoms with Crippen LogP contribution in [0.1, 0.15) is 13.3 Å². The zero-order valence-electron chi connectivity index (χ0n) is 9.95. The van der Waals surface area contributed by atoms with Crippen LogP contribution in [0.2, 0.25) is 0 Å². The van der Waals surface area contributed by atoms with Crippen molar-refractivity contribution in [2.45, 2.75) is 13.3 Å². The van der Waals surface area contributed by atoms with Crippen LogP contribution in [0, 0.1) is 12.3 Å². The minimum atomic E-state index is -0.0515. The van der Waals surface area contributed by atoms with Crippen molar-refractivity contribution < 1.29 is 14.3 Å². The topological polar surface area (TPSA) is 47.6 Å². The van der Waals surface area contributed by atoms with Gasteiger partial charge in [0.1, 0.15) is 6.61 Å². The van der Waals surface area contributed by atoms with Gasteiger partial charge in [0.2, 0.25) is 5.91 Å². The first-order chi connectivity index (χ1) is 8.21. The molecule has 0 aliphatic heterocycles. The van der Waals surface area contributed by atoms with Crippen LogP contribution in [0.3, 0.4) is 0 Å². The first kappa shape index (κ1) is 12.9. The third-order valence-corrected chi connectivity index (χ3v) is 2.08. The summed E-state index contributed by atoms with van der Waals surface area (Å²) in [6, 6.07) is 5.14. The van der Waals surface area contributed by atoms with Gasteiger partial charge in [0, 0.05) is 18.2 Å². The number of ether oxygens (including phenoxy) is 2. The number of carbonyl (C=O) groups excluding carboxylic acids is 1. The fourth-order valence-electron chi connectivity index (χ4n) is 1.23. The predicted octanol–water partition coefficient (Wildman–Crippen LogP) is 2.06. The van der Waals surface area contributed by atoms with Gasteiger partial charge in [-0.2, -0.15) is 0 Å². The van der Waals surface area contributed by atoms with Gasteiger partial charge in [-0.3, -0.25) is 4.79 Å². The van der Waals surface area contributed by atoms with Crippen LogP contribution in [0.4, 0.5) is 5.69 Å². The molecule has 0 bridgehead atoms. The minimum absolute atomic E-state index is 0.0515. The number of hydrogen-bond donors (Lipinski definition) is 1. The highest BCUT2D eigenvalue weighted by Crippen LogP contribution is 2.30. The molecule has 1 amide bonds. The van der Waals surface area contributed by atoms with Crippen LogP contribution in [-0.4, -0.2) is 19.6 Å². The molecule has 0 atom stereocenters. The number of terminal acetylenes is 1. The molecule has 17 heavy (non-hydrogen) atoms. The molecule has 1 aromatic carbocycles. The van der Waals surface area contributed by atoms with E-state index < -0.39 is 0 Å². The van der Waals surface area contributed by atoms with Gasteiger partial charge in [0.25, 0.3) is 0 Å². The van der Waals surface area contributed by atoms with Crippen molar-refractivity contribution >= 4 is 11.6 Å². The number of benzene rings is 1. The molecule has 0 spiro atoms. The molecule has 90 valence electrons. The molecule has 0 saturated carbocycles. The lowest BCUT2D eigenvalue weighted by molar-refractivity contribution is -0.115. The largest absolute Gasteiger partial charge is 0.493 e. The Morgan fingerprint density at radius 3 is 2.82 bits per heavy atom. The average molecular weight is 233 g/mol. The number of rotatable bonds is 5. The van der Waals surface area contributed by atoms with Crippen LogP contribution < -0.4 is 14.8 Å². The maximum Gasteiger partial charge on any atom is 0.224 e. The van der Waals surface area contributed by atoms with E-state index in [0.717, 1.165) is 0 Å². The van der Waals surface area contributed by atoms with Crippen molar-refractivity contribution in [3.63, 3.8) is 0 Å². The number of anilines is 1. The molecule has 1 rings (SSSR count). The lowest BCUT2D eigenvalue weighted by Crippen LogP contribution is -2.09. The first-order valence-corrected chi connectivity index (χ1v) is 5.25.